The monoisotopic (exact) mass is 451 g/mol. The van der Waals surface area contributed by atoms with Gasteiger partial charge in [-0.25, -0.2) is 9.07 Å². The largest absolute Gasteiger partial charge is 0.419 e. The number of carbonyl (C=O) groups is 1. The van der Waals surface area contributed by atoms with E-state index in [2.05, 4.69) is 15.3 Å². The van der Waals surface area contributed by atoms with Crippen molar-refractivity contribution >= 4 is 17.5 Å². The number of rotatable bonds is 6. The van der Waals surface area contributed by atoms with Crippen LogP contribution >= 0.6 is 11.6 Å². The van der Waals surface area contributed by atoms with Crippen molar-refractivity contribution in [2.24, 2.45) is 0 Å². The van der Waals surface area contributed by atoms with Crippen LogP contribution in [0.5, 0.6) is 0 Å². The lowest BCUT2D eigenvalue weighted by atomic mass is 10.2. The fourth-order valence-corrected chi connectivity index (χ4v) is 3.69. The first-order chi connectivity index (χ1) is 15.5. The third-order valence-electron chi connectivity index (χ3n) is 5.43. The van der Waals surface area contributed by atoms with E-state index in [0.29, 0.717) is 33.7 Å². The predicted octanol–water partition coefficient (Wildman–Crippen LogP) is 4.83. The van der Waals surface area contributed by atoms with Crippen molar-refractivity contribution in [1.82, 2.24) is 24.9 Å². The molecule has 5 rings (SSSR count). The molecule has 0 N–H and O–H groups in total. The Bertz CT molecular complexity index is 1280. The summed E-state index contributed by atoms with van der Waals surface area (Å²) in [6.07, 6.45) is 3.29. The Kier molecular flexibility index (Phi) is 5.22. The average molecular weight is 452 g/mol. The summed E-state index contributed by atoms with van der Waals surface area (Å²) < 4.78 is 21.5. The van der Waals surface area contributed by atoms with E-state index in [0.717, 1.165) is 18.4 Å². The minimum absolute atomic E-state index is 0.101. The van der Waals surface area contributed by atoms with E-state index < -0.39 is 5.82 Å². The molecule has 0 unspecified atom stereocenters. The minimum Gasteiger partial charge on any atom is -0.419 e. The van der Waals surface area contributed by atoms with Crippen LogP contribution in [0.2, 0.25) is 5.02 Å². The van der Waals surface area contributed by atoms with Gasteiger partial charge in [-0.15, -0.1) is 10.2 Å². The van der Waals surface area contributed by atoms with E-state index in [1.54, 1.807) is 54.3 Å². The van der Waals surface area contributed by atoms with Crippen molar-refractivity contribution in [1.29, 1.82) is 0 Å². The van der Waals surface area contributed by atoms with E-state index in [-0.39, 0.29) is 18.5 Å². The lowest BCUT2D eigenvalue weighted by Gasteiger charge is -2.20. The maximum Gasteiger partial charge on any atom is 0.258 e. The van der Waals surface area contributed by atoms with Crippen molar-refractivity contribution in [3.05, 3.63) is 82.7 Å². The van der Waals surface area contributed by atoms with Crippen LogP contribution in [0.25, 0.3) is 17.1 Å². The van der Waals surface area contributed by atoms with Crippen LogP contribution in [0.15, 0.2) is 59.1 Å². The quantitative estimate of drug-likeness (QED) is 0.419. The van der Waals surface area contributed by atoms with Crippen LogP contribution in [0.1, 0.15) is 34.8 Å². The molecule has 0 bridgehead atoms. The summed E-state index contributed by atoms with van der Waals surface area (Å²) in [5.74, 6) is 0.105. The average Bonchev–Trinajstić information content (AvgIpc) is 3.41. The Labute approximate surface area is 188 Å². The van der Waals surface area contributed by atoms with Crippen molar-refractivity contribution < 1.29 is 13.6 Å². The van der Waals surface area contributed by atoms with Crippen LogP contribution in [0, 0.1) is 12.7 Å². The molecule has 0 spiro atoms. The van der Waals surface area contributed by atoms with Gasteiger partial charge in [0, 0.05) is 16.6 Å². The van der Waals surface area contributed by atoms with Crippen molar-refractivity contribution in [3.63, 3.8) is 0 Å². The van der Waals surface area contributed by atoms with Gasteiger partial charge in [0.15, 0.2) is 0 Å². The molecule has 1 saturated carbocycles. The summed E-state index contributed by atoms with van der Waals surface area (Å²) in [5.41, 5.74) is 2.03. The normalized spacial score (nSPS) is 13.3. The highest BCUT2D eigenvalue weighted by atomic mass is 35.5. The zero-order valence-corrected chi connectivity index (χ0v) is 18.0. The number of amides is 1. The Balaban J connectivity index is 1.39. The van der Waals surface area contributed by atoms with Crippen molar-refractivity contribution in [3.8, 4) is 17.1 Å². The zero-order valence-electron chi connectivity index (χ0n) is 17.2. The summed E-state index contributed by atoms with van der Waals surface area (Å²) in [7, 11) is 0. The molecular formula is C23H19ClFN5O2. The zero-order chi connectivity index (χ0) is 22.2. The van der Waals surface area contributed by atoms with Crippen LogP contribution in [-0.2, 0) is 6.54 Å². The third kappa shape index (κ3) is 3.89. The molecule has 32 heavy (non-hydrogen) atoms. The summed E-state index contributed by atoms with van der Waals surface area (Å²) in [6.45, 7) is 1.94. The third-order valence-corrected chi connectivity index (χ3v) is 5.68. The van der Waals surface area contributed by atoms with Gasteiger partial charge in [0.2, 0.25) is 11.8 Å². The van der Waals surface area contributed by atoms with Gasteiger partial charge in [-0.05, 0) is 56.2 Å². The Hall–Kier alpha value is -3.52. The van der Waals surface area contributed by atoms with E-state index >= 15 is 0 Å². The highest BCUT2D eigenvalue weighted by molar-refractivity contribution is 6.30. The lowest BCUT2D eigenvalue weighted by Crippen LogP contribution is -2.33. The van der Waals surface area contributed by atoms with Gasteiger partial charge in [-0.2, -0.15) is 5.10 Å². The number of carbonyl (C=O) groups excluding carboxylic acids is 1. The molecule has 1 amide bonds. The number of para-hydroxylation sites is 1. The number of halogens is 2. The fraction of sp³-hybridized carbons (Fsp3) is 0.217. The minimum atomic E-state index is -0.405. The van der Waals surface area contributed by atoms with E-state index in [9.17, 15) is 9.18 Å². The van der Waals surface area contributed by atoms with Crippen molar-refractivity contribution in [2.75, 3.05) is 0 Å². The van der Waals surface area contributed by atoms with Crippen LogP contribution < -0.4 is 0 Å². The highest BCUT2D eigenvalue weighted by Crippen LogP contribution is 2.31. The second-order valence-corrected chi connectivity index (χ2v) is 8.12. The second-order valence-electron chi connectivity index (χ2n) is 7.68. The van der Waals surface area contributed by atoms with Crippen LogP contribution in [0.3, 0.4) is 0 Å². The van der Waals surface area contributed by atoms with E-state index in [1.165, 1.54) is 16.9 Å². The summed E-state index contributed by atoms with van der Waals surface area (Å²) in [4.78, 5) is 15.1. The van der Waals surface area contributed by atoms with Gasteiger partial charge in [-0.1, -0.05) is 23.7 Å². The molecule has 0 atom stereocenters. The van der Waals surface area contributed by atoms with E-state index in [1.807, 2.05) is 0 Å². The summed E-state index contributed by atoms with van der Waals surface area (Å²) in [5, 5.41) is 13.1. The van der Waals surface area contributed by atoms with Gasteiger partial charge >= 0.3 is 0 Å². The van der Waals surface area contributed by atoms with E-state index in [4.69, 9.17) is 16.0 Å². The molecule has 2 heterocycles. The Morgan fingerprint density at radius 3 is 2.66 bits per heavy atom. The predicted molar refractivity (Wildman–Crippen MR) is 116 cm³/mol. The number of benzene rings is 2. The first kappa shape index (κ1) is 20.4. The number of hydrogen-bond donors (Lipinski definition) is 0. The summed E-state index contributed by atoms with van der Waals surface area (Å²) >= 11 is 5.93. The highest BCUT2D eigenvalue weighted by Gasteiger charge is 2.35. The molecule has 2 aromatic carbocycles. The van der Waals surface area contributed by atoms with Gasteiger partial charge in [-0.3, -0.25) is 4.79 Å². The SMILES string of the molecule is Cc1c(C(=O)N(Cc2nnc(-c3ccc(Cl)cc3)o2)C2CC2)cnn1-c1ccccc1F. The molecular weight excluding hydrogens is 433 g/mol. The first-order valence-electron chi connectivity index (χ1n) is 10.2. The van der Waals surface area contributed by atoms with Gasteiger partial charge in [0.05, 0.1) is 24.0 Å². The molecule has 4 aromatic rings. The Morgan fingerprint density at radius 1 is 1.19 bits per heavy atom. The number of nitrogens with zero attached hydrogens (tertiary/aromatic N) is 5. The Morgan fingerprint density at radius 2 is 1.94 bits per heavy atom. The molecule has 0 radical (unpaired) electrons. The number of aromatic nitrogens is 4. The maximum absolute atomic E-state index is 14.2. The van der Waals surface area contributed by atoms with Gasteiger partial charge < -0.3 is 9.32 Å². The number of hydrogen-bond acceptors (Lipinski definition) is 5. The molecule has 162 valence electrons. The molecule has 2 aromatic heterocycles. The standard InChI is InChI=1S/C23H19ClFN5O2/c1-14-18(12-26-30(14)20-5-3-2-4-19(20)25)23(31)29(17-10-11-17)13-21-27-28-22(32-21)15-6-8-16(24)9-7-15/h2-9,12,17H,10-11,13H2,1H3. The molecule has 9 heteroatoms. The topological polar surface area (TPSA) is 77.1 Å². The molecule has 1 aliphatic carbocycles. The van der Waals surface area contributed by atoms with Crippen LogP contribution in [-0.4, -0.2) is 36.8 Å². The molecule has 7 nitrogen and oxygen atoms in total. The first-order valence-corrected chi connectivity index (χ1v) is 10.6. The maximum atomic E-state index is 14.2. The lowest BCUT2D eigenvalue weighted by molar-refractivity contribution is 0.0713. The molecule has 0 saturated heterocycles. The summed E-state index contributed by atoms with van der Waals surface area (Å²) in [6, 6.07) is 13.5. The fourth-order valence-electron chi connectivity index (χ4n) is 3.57. The van der Waals surface area contributed by atoms with Gasteiger partial charge in [0.25, 0.3) is 5.91 Å². The second kappa shape index (κ2) is 8.20. The van der Waals surface area contributed by atoms with Gasteiger partial charge in [0.1, 0.15) is 11.5 Å². The van der Waals surface area contributed by atoms with Crippen LogP contribution in [0.4, 0.5) is 4.39 Å². The molecule has 1 fully saturated rings. The molecule has 0 aliphatic heterocycles. The smallest absolute Gasteiger partial charge is 0.258 e. The van der Waals surface area contributed by atoms with Crippen molar-refractivity contribution in [2.45, 2.75) is 32.4 Å². The molecule has 1 aliphatic rings.